The number of hydrogen-bond donors (Lipinski definition) is 1. The number of aromatic nitrogens is 2. The van der Waals surface area contributed by atoms with Gasteiger partial charge in [-0.1, -0.05) is 6.92 Å². The Kier molecular flexibility index (Phi) is 4.53. The Morgan fingerprint density at radius 1 is 1.17 bits per heavy atom. The summed E-state index contributed by atoms with van der Waals surface area (Å²) >= 11 is 0. The van der Waals surface area contributed by atoms with Crippen molar-refractivity contribution in [2.45, 2.75) is 19.9 Å². The first-order chi connectivity index (χ1) is 8.90. The molecule has 4 nitrogen and oxygen atoms in total. The van der Waals surface area contributed by atoms with Crippen LogP contribution in [-0.2, 0) is 6.54 Å². The van der Waals surface area contributed by atoms with Crippen molar-refractivity contribution in [1.82, 2.24) is 9.97 Å². The Morgan fingerprint density at radius 3 is 2.78 bits per heavy atom. The van der Waals surface area contributed by atoms with Crippen LogP contribution in [0.4, 0.5) is 5.82 Å². The third-order valence-corrected chi connectivity index (χ3v) is 2.44. The van der Waals surface area contributed by atoms with E-state index in [0.717, 1.165) is 23.6 Å². The van der Waals surface area contributed by atoms with Gasteiger partial charge in [-0.05, 0) is 36.2 Å². The van der Waals surface area contributed by atoms with Crippen molar-refractivity contribution in [3.63, 3.8) is 0 Å². The summed E-state index contributed by atoms with van der Waals surface area (Å²) in [5, 5.41) is 3.27. The molecule has 0 atom stereocenters. The fourth-order valence-electron chi connectivity index (χ4n) is 1.54. The van der Waals surface area contributed by atoms with Gasteiger partial charge in [0.1, 0.15) is 0 Å². The first kappa shape index (κ1) is 12.4. The quantitative estimate of drug-likeness (QED) is 0.847. The van der Waals surface area contributed by atoms with E-state index in [0.29, 0.717) is 13.2 Å². The molecule has 4 heteroatoms. The summed E-state index contributed by atoms with van der Waals surface area (Å²) in [5.41, 5.74) is 1.16. The molecule has 0 amide bonds. The fraction of sp³-hybridized carbons (Fsp3) is 0.286. The minimum atomic E-state index is 0.704. The largest absolute Gasteiger partial charge is 0.490 e. The van der Waals surface area contributed by atoms with Crippen LogP contribution in [0.3, 0.4) is 0 Å². The van der Waals surface area contributed by atoms with Crippen LogP contribution in [-0.4, -0.2) is 16.6 Å². The zero-order valence-corrected chi connectivity index (χ0v) is 10.5. The summed E-state index contributed by atoms with van der Waals surface area (Å²) in [4.78, 5) is 8.29. The van der Waals surface area contributed by atoms with Crippen molar-refractivity contribution in [3.8, 4) is 5.75 Å². The average molecular weight is 243 g/mol. The highest BCUT2D eigenvalue weighted by molar-refractivity contribution is 5.49. The van der Waals surface area contributed by atoms with Crippen LogP contribution in [0.15, 0.2) is 42.9 Å². The van der Waals surface area contributed by atoms with Crippen molar-refractivity contribution in [2.75, 3.05) is 11.9 Å². The van der Waals surface area contributed by atoms with E-state index in [4.69, 9.17) is 4.74 Å². The normalized spacial score (nSPS) is 10.1. The molecule has 0 saturated heterocycles. The Bertz CT molecular complexity index is 473. The molecule has 0 aliphatic heterocycles. The van der Waals surface area contributed by atoms with Gasteiger partial charge in [0.15, 0.2) is 11.6 Å². The van der Waals surface area contributed by atoms with Crippen molar-refractivity contribution in [2.24, 2.45) is 0 Å². The maximum absolute atomic E-state index is 5.64. The predicted octanol–water partition coefficient (Wildman–Crippen LogP) is 2.88. The van der Waals surface area contributed by atoms with E-state index >= 15 is 0 Å². The summed E-state index contributed by atoms with van der Waals surface area (Å²) in [6, 6.07) is 7.76. The Morgan fingerprint density at radius 2 is 2.00 bits per heavy atom. The molecular formula is C14H17N3O. The zero-order valence-electron chi connectivity index (χ0n) is 10.5. The summed E-state index contributed by atoms with van der Waals surface area (Å²) in [5.74, 6) is 1.58. The minimum absolute atomic E-state index is 0.704. The van der Waals surface area contributed by atoms with Crippen molar-refractivity contribution >= 4 is 5.82 Å². The van der Waals surface area contributed by atoms with E-state index in [-0.39, 0.29) is 0 Å². The highest BCUT2D eigenvalue weighted by atomic mass is 16.5. The maximum atomic E-state index is 5.64. The monoisotopic (exact) mass is 243 g/mol. The summed E-state index contributed by atoms with van der Waals surface area (Å²) < 4.78 is 5.64. The number of anilines is 1. The molecule has 0 fully saturated rings. The highest BCUT2D eigenvalue weighted by Gasteiger charge is 2.03. The number of ether oxygens (including phenoxy) is 1. The summed E-state index contributed by atoms with van der Waals surface area (Å²) in [7, 11) is 0. The number of hydrogen-bond acceptors (Lipinski definition) is 4. The van der Waals surface area contributed by atoms with Gasteiger partial charge >= 0.3 is 0 Å². The molecule has 1 N–H and O–H groups in total. The highest BCUT2D eigenvalue weighted by Crippen LogP contribution is 2.21. The number of pyridine rings is 2. The van der Waals surface area contributed by atoms with Gasteiger partial charge in [0.05, 0.1) is 6.61 Å². The molecule has 0 bridgehead atoms. The van der Waals surface area contributed by atoms with Crippen LogP contribution in [0, 0.1) is 0 Å². The van der Waals surface area contributed by atoms with Crippen molar-refractivity contribution < 1.29 is 4.74 Å². The lowest BCUT2D eigenvalue weighted by Crippen LogP contribution is -2.05. The molecule has 0 aliphatic rings. The van der Waals surface area contributed by atoms with Crippen LogP contribution in [0.5, 0.6) is 5.75 Å². The molecule has 0 saturated carbocycles. The molecule has 0 spiro atoms. The first-order valence-electron chi connectivity index (χ1n) is 6.10. The molecular weight excluding hydrogens is 226 g/mol. The standard InChI is InChI=1S/C14H17N3O/c1-2-10-18-13-4-3-7-16-14(13)17-11-12-5-8-15-9-6-12/h3-9H,2,10-11H2,1H3,(H,16,17). The second kappa shape index (κ2) is 6.59. The lowest BCUT2D eigenvalue weighted by molar-refractivity contribution is 0.318. The van der Waals surface area contributed by atoms with E-state index in [2.05, 4.69) is 22.2 Å². The fourth-order valence-corrected chi connectivity index (χ4v) is 1.54. The summed E-state index contributed by atoms with van der Waals surface area (Å²) in [6.07, 6.45) is 6.31. The molecule has 0 unspecified atom stereocenters. The average Bonchev–Trinajstić information content (AvgIpc) is 2.45. The van der Waals surface area contributed by atoms with Gasteiger partial charge in [-0.25, -0.2) is 4.98 Å². The van der Waals surface area contributed by atoms with E-state index < -0.39 is 0 Å². The van der Waals surface area contributed by atoms with Crippen LogP contribution >= 0.6 is 0 Å². The van der Waals surface area contributed by atoms with Crippen molar-refractivity contribution in [3.05, 3.63) is 48.4 Å². The van der Waals surface area contributed by atoms with Gasteiger partial charge in [-0.15, -0.1) is 0 Å². The number of nitrogens with one attached hydrogen (secondary N) is 1. The lowest BCUT2D eigenvalue weighted by atomic mass is 10.2. The van der Waals surface area contributed by atoms with Gasteiger partial charge in [0, 0.05) is 25.1 Å². The van der Waals surface area contributed by atoms with E-state index in [1.165, 1.54) is 0 Å². The SMILES string of the molecule is CCCOc1cccnc1NCc1ccncc1. The minimum Gasteiger partial charge on any atom is -0.490 e. The van der Waals surface area contributed by atoms with Gasteiger partial charge in [0.25, 0.3) is 0 Å². The van der Waals surface area contributed by atoms with Crippen LogP contribution < -0.4 is 10.1 Å². The zero-order chi connectivity index (χ0) is 12.6. The molecule has 2 heterocycles. The second-order valence-corrected chi connectivity index (χ2v) is 3.91. The Labute approximate surface area is 107 Å². The topological polar surface area (TPSA) is 47.0 Å². The third kappa shape index (κ3) is 3.45. The molecule has 94 valence electrons. The van der Waals surface area contributed by atoms with Crippen LogP contribution in [0.25, 0.3) is 0 Å². The van der Waals surface area contributed by atoms with Gasteiger partial charge < -0.3 is 10.1 Å². The van der Waals surface area contributed by atoms with E-state index in [9.17, 15) is 0 Å². The molecule has 2 aromatic rings. The molecule has 0 aromatic carbocycles. The third-order valence-electron chi connectivity index (χ3n) is 2.44. The molecule has 0 aliphatic carbocycles. The van der Waals surface area contributed by atoms with Gasteiger partial charge in [-0.2, -0.15) is 0 Å². The number of rotatable bonds is 6. The van der Waals surface area contributed by atoms with E-state index in [1.54, 1.807) is 18.6 Å². The number of nitrogens with zero attached hydrogens (tertiary/aromatic N) is 2. The van der Waals surface area contributed by atoms with Gasteiger partial charge in [-0.3, -0.25) is 4.98 Å². The smallest absolute Gasteiger partial charge is 0.169 e. The molecule has 2 aromatic heterocycles. The Hall–Kier alpha value is -2.10. The van der Waals surface area contributed by atoms with Gasteiger partial charge in [0.2, 0.25) is 0 Å². The molecule has 2 rings (SSSR count). The Balaban J connectivity index is 2.00. The molecule has 0 radical (unpaired) electrons. The van der Waals surface area contributed by atoms with E-state index in [1.807, 2.05) is 24.3 Å². The maximum Gasteiger partial charge on any atom is 0.169 e. The summed E-state index contributed by atoms with van der Waals surface area (Å²) in [6.45, 7) is 3.50. The van der Waals surface area contributed by atoms with Crippen LogP contribution in [0.1, 0.15) is 18.9 Å². The van der Waals surface area contributed by atoms with Crippen molar-refractivity contribution in [1.29, 1.82) is 0 Å². The lowest BCUT2D eigenvalue weighted by Gasteiger charge is -2.11. The molecule has 18 heavy (non-hydrogen) atoms. The predicted molar refractivity (Wildman–Crippen MR) is 71.6 cm³/mol. The first-order valence-corrected chi connectivity index (χ1v) is 6.10. The van der Waals surface area contributed by atoms with Crippen LogP contribution in [0.2, 0.25) is 0 Å². The second-order valence-electron chi connectivity index (χ2n) is 3.91.